The number of rotatable bonds is 4. The van der Waals surface area contributed by atoms with Crippen molar-refractivity contribution >= 4 is 11.5 Å². The van der Waals surface area contributed by atoms with Crippen LogP contribution in [0.4, 0.5) is 14.5 Å². The van der Waals surface area contributed by atoms with E-state index in [0.717, 1.165) is 0 Å². The van der Waals surface area contributed by atoms with E-state index in [0.29, 0.717) is 17.8 Å². The molecule has 21 heavy (non-hydrogen) atoms. The maximum absolute atomic E-state index is 13.3. The van der Waals surface area contributed by atoms with Crippen molar-refractivity contribution in [3.05, 3.63) is 69.5 Å². The lowest BCUT2D eigenvalue weighted by Gasteiger charge is -2.10. The van der Waals surface area contributed by atoms with Crippen molar-refractivity contribution in [2.75, 3.05) is 0 Å². The van der Waals surface area contributed by atoms with Crippen molar-refractivity contribution in [3.63, 3.8) is 0 Å². The summed E-state index contributed by atoms with van der Waals surface area (Å²) in [4.78, 5) is 26.3. The second kappa shape index (κ2) is 5.74. The average molecular weight is 292 g/mol. The van der Waals surface area contributed by atoms with Gasteiger partial charge in [0.15, 0.2) is 17.4 Å². The Labute approximate surface area is 118 Å². The molecular formula is C14H10F2N2O3. The highest BCUT2D eigenvalue weighted by atomic mass is 19.2. The molecule has 0 spiro atoms. The molecule has 1 heterocycles. The van der Waals surface area contributed by atoms with Gasteiger partial charge in [-0.2, -0.15) is 0 Å². The van der Waals surface area contributed by atoms with Gasteiger partial charge in [0.1, 0.15) is 0 Å². The second-order valence-electron chi connectivity index (χ2n) is 4.38. The summed E-state index contributed by atoms with van der Waals surface area (Å²) in [6.45, 7) is 1.50. The number of nitro benzene ring substituents is 1. The number of halogens is 2. The molecule has 2 aromatic rings. The molecule has 7 heteroatoms. The molecule has 0 saturated carbocycles. The number of ketones is 1. The maximum Gasteiger partial charge on any atom is 0.283 e. The van der Waals surface area contributed by atoms with Crippen molar-refractivity contribution in [1.82, 2.24) is 4.98 Å². The van der Waals surface area contributed by atoms with Crippen molar-refractivity contribution in [2.24, 2.45) is 0 Å². The third-order valence-corrected chi connectivity index (χ3v) is 3.03. The predicted octanol–water partition coefficient (Wildman–Crippen LogP) is 3.25. The molecule has 0 aliphatic carbocycles. The molecule has 108 valence electrons. The number of hydrogen-bond donors (Lipinski definition) is 0. The Morgan fingerprint density at radius 2 is 1.95 bits per heavy atom. The van der Waals surface area contributed by atoms with Crippen LogP contribution in [0.2, 0.25) is 0 Å². The molecule has 1 aromatic carbocycles. The summed E-state index contributed by atoms with van der Waals surface area (Å²) in [6.07, 6.45) is 1.47. The second-order valence-corrected chi connectivity index (χ2v) is 4.38. The van der Waals surface area contributed by atoms with Crippen LogP contribution in [0.3, 0.4) is 0 Å². The molecule has 5 nitrogen and oxygen atoms in total. The molecule has 0 bridgehead atoms. The summed E-state index contributed by atoms with van der Waals surface area (Å²) in [6, 6.07) is 5.85. The lowest BCUT2D eigenvalue weighted by Crippen LogP contribution is -2.14. The molecule has 1 unspecified atom stereocenters. The molecular weight excluding hydrogens is 282 g/mol. The molecule has 0 radical (unpaired) electrons. The molecule has 1 atom stereocenters. The normalized spacial score (nSPS) is 12.0. The topological polar surface area (TPSA) is 73.1 Å². The van der Waals surface area contributed by atoms with Gasteiger partial charge >= 0.3 is 0 Å². The first-order valence-electron chi connectivity index (χ1n) is 6.00. The highest BCUT2D eigenvalue weighted by Gasteiger charge is 2.28. The van der Waals surface area contributed by atoms with Crippen molar-refractivity contribution in [1.29, 1.82) is 0 Å². The van der Waals surface area contributed by atoms with E-state index in [4.69, 9.17) is 0 Å². The van der Waals surface area contributed by atoms with Gasteiger partial charge in [0.25, 0.3) is 5.69 Å². The van der Waals surface area contributed by atoms with Crippen molar-refractivity contribution < 1.29 is 18.5 Å². The van der Waals surface area contributed by atoms with Crippen LogP contribution in [-0.2, 0) is 0 Å². The summed E-state index contributed by atoms with van der Waals surface area (Å²) in [5.41, 5.74) is -0.847. The van der Waals surface area contributed by atoms with Crippen LogP contribution in [0.5, 0.6) is 0 Å². The van der Waals surface area contributed by atoms with E-state index in [1.807, 2.05) is 0 Å². The number of aromatic nitrogens is 1. The monoisotopic (exact) mass is 292 g/mol. The van der Waals surface area contributed by atoms with E-state index < -0.39 is 39.5 Å². The standard InChI is InChI=1S/C14H10F2N2O3/c1-8(12-4-2-3-5-17-12)14(19)9-6-10(15)11(16)7-13(9)18(20)21/h2-8H,1H3. The zero-order chi connectivity index (χ0) is 15.6. The molecule has 0 N–H and O–H groups in total. The number of carbonyl (C=O) groups excluding carboxylic acids is 1. The number of pyridine rings is 1. The molecule has 0 aliphatic heterocycles. The Balaban J connectivity index is 2.48. The van der Waals surface area contributed by atoms with Crippen molar-refractivity contribution in [2.45, 2.75) is 12.8 Å². The molecule has 0 fully saturated rings. The van der Waals surface area contributed by atoms with E-state index in [2.05, 4.69) is 4.98 Å². The first kappa shape index (κ1) is 14.7. The Hall–Kier alpha value is -2.70. The van der Waals surface area contributed by atoms with Gasteiger partial charge < -0.3 is 0 Å². The van der Waals surface area contributed by atoms with Crippen LogP contribution in [0, 0.1) is 21.7 Å². The number of Topliss-reactive ketones (excluding diaryl/α,β-unsaturated/α-hetero) is 1. The molecule has 0 amide bonds. The molecule has 1 aromatic heterocycles. The summed E-state index contributed by atoms with van der Waals surface area (Å²) in [7, 11) is 0. The van der Waals surface area contributed by atoms with E-state index in [9.17, 15) is 23.7 Å². The number of nitrogens with zero attached hydrogens (tertiary/aromatic N) is 2. The van der Waals surface area contributed by atoms with Gasteiger partial charge in [-0.25, -0.2) is 8.78 Å². The Morgan fingerprint density at radius 1 is 1.29 bits per heavy atom. The first-order valence-corrected chi connectivity index (χ1v) is 6.00. The van der Waals surface area contributed by atoms with Crippen LogP contribution in [0.15, 0.2) is 36.5 Å². The van der Waals surface area contributed by atoms with Gasteiger partial charge in [-0.15, -0.1) is 0 Å². The number of hydrogen-bond acceptors (Lipinski definition) is 4. The molecule has 0 aliphatic rings. The maximum atomic E-state index is 13.3. The Kier molecular flexibility index (Phi) is 4.02. The van der Waals surface area contributed by atoms with Crippen LogP contribution < -0.4 is 0 Å². The first-order chi connectivity index (χ1) is 9.91. The van der Waals surface area contributed by atoms with Gasteiger partial charge in [0.05, 0.1) is 28.2 Å². The largest absolute Gasteiger partial charge is 0.293 e. The zero-order valence-electron chi connectivity index (χ0n) is 10.9. The summed E-state index contributed by atoms with van der Waals surface area (Å²) in [5.74, 6) is -4.19. The zero-order valence-corrected chi connectivity index (χ0v) is 10.9. The third-order valence-electron chi connectivity index (χ3n) is 3.03. The summed E-state index contributed by atoms with van der Waals surface area (Å²) < 4.78 is 26.4. The van der Waals surface area contributed by atoms with Crippen LogP contribution in [0.1, 0.15) is 28.9 Å². The quantitative estimate of drug-likeness (QED) is 0.492. The number of carbonyl (C=O) groups is 1. The smallest absolute Gasteiger partial charge is 0.283 e. The fraction of sp³-hybridized carbons (Fsp3) is 0.143. The average Bonchev–Trinajstić information content (AvgIpc) is 2.48. The lowest BCUT2D eigenvalue weighted by atomic mass is 9.94. The highest BCUT2D eigenvalue weighted by Crippen LogP contribution is 2.27. The minimum Gasteiger partial charge on any atom is -0.293 e. The van der Waals surface area contributed by atoms with Crippen LogP contribution in [0.25, 0.3) is 0 Å². The summed E-state index contributed by atoms with van der Waals surface area (Å²) >= 11 is 0. The molecule has 0 saturated heterocycles. The van der Waals surface area contributed by atoms with Gasteiger partial charge in [0.2, 0.25) is 0 Å². The van der Waals surface area contributed by atoms with Gasteiger partial charge in [0, 0.05) is 6.20 Å². The highest BCUT2D eigenvalue weighted by molar-refractivity contribution is 6.03. The molecule has 2 rings (SSSR count). The van der Waals surface area contributed by atoms with Gasteiger partial charge in [-0.05, 0) is 25.1 Å². The minimum absolute atomic E-state index is 0.390. The minimum atomic E-state index is -1.37. The Morgan fingerprint density at radius 3 is 2.52 bits per heavy atom. The number of benzene rings is 1. The number of nitro groups is 1. The van der Waals surface area contributed by atoms with Gasteiger partial charge in [-0.1, -0.05) is 6.07 Å². The van der Waals surface area contributed by atoms with E-state index >= 15 is 0 Å². The van der Waals surface area contributed by atoms with E-state index in [1.165, 1.54) is 13.1 Å². The fourth-order valence-corrected chi connectivity index (χ4v) is 1.88. The van der Waals surface area contributed by atoms with Crippen LogP contribution >= 0.6 is 0 Å². The van der Waals surface area contributed by atoms with Crippen LogP contribution in [-0.4, -0.2) is 15.7 Å². The fourth-order valence-electron chi connectivity index (χ4n) is 1.88. The SMILES string of the molecule is CC(C(=O)c1cc(F)c(F)cc1[N+](=O)[O-])c1ccccn1. The van der Waals surface area contributed by atoms with Gasteiger partial charge in [-0.3, -0.25) is 19.9 Å². The lowest BCUT2D eigenvalue weighted by molar-refractivity contribution is -0.385. The van der Waals surface area contributed by atoms with Crippen molar-refractivity contribution in [3.8, 4) is 0 Å². The third kappa shape index (κ3) is 2.91. The Bertz CT molecular complexity index is 705. The predicted molar refractivity (Wildman–Crippen MR) is 70.0 cm³/mol. The summed E-state index contributed by atoms with van der Waals surface area (Å²) in [5, 5.41) is 10.9. The van der Waals surface area contributed by atoms with E-state index in [1.54, 1.807) is 18.2 Å². The van der Waals surface area contributed by atoms with E-state index in [-0.39, 0.29) is 0 Å².